The summed E-state index contributed by atoms with van der Waals surface area (Å²) in [5.41, 5.74) is 0.859. The van der Waals surface area contributed by atoms with Crippen molar-refractivity contribution < 1.29 is 17.5 Å². The van der Waals surface area contributed by atoms with Crippen molar-refractivity contribution in [1.29, 1.82) is 0 Å². The molecule has 0 saturated carbocycles. The summed E-state index contributed by atoms with van der Waals surface area (Å²) in [4.78, 5) is 9.85. The van der Waals surface area contributed by atoms with Gasteiger partial charge in [0.1, 0.15) is 0 Å². The van der Waals surface area contributed by atoms with E-state index in [2.05, 4.69) is 0 Å². The van der Waals surface area contributed by atoms with Gasteiger partial charge in [-0.1, -0.05) is 23.7 Å². The summed E-state index contributed by atoms with van der Waals surface area (Å²) in [6.07, 6.45) is 1.18. The molecular formula is C15H14ClNO5S. The van der Waals surface area contributed by atoms with Crippen LogP contribution in [0.5, 0.6) is 0 Å². The third-order valence-corrected chi connectivity index (χ3v) is 4.68. The lowest BCUT2D eigenvalue weighted by molar-refractivity contribution is -0.384. The number of nitro benzene ring substituents is 1. The monoisotopic (exact) mass is 355 g/mol. The molecule has 0 atom stereocenters. The molecule has 0 amide bonds. The van der Waals surface area contributed by atoms with Crippen LogP contribution in [0.1, 0.15) is 12.0 Å². The van der Waals surface area contributed by atoms with Gasteiger partial charge < -0.3 is 0 Å². The SMILES string of the molecule is O=[N+]([O-])c1ccc(S(=O)(=O)OCCCc2ccc(Cl)cc2)cc1. The van der Waals surface area contributed by atoms with Crippen LogP contribution < -0.4 is 0 Å². The van der Waals surface area contributed by atoms with Crippen molar-refractivity contribution in [3.63, 3.8) is 0 Å². The Kier molecular flexibility index (Phi) is 5.70. The van der Waals surface area contributed by atoms with Gasteiger partial charge in [0.25, 0.3) is 15.8 Å². The Morgan fingerprint density at radius 2 is 1.65 bits per heavy atom. The maximum absolute atomic E-state index is 12.0. The minimum Gasteiger partial charge on any atom is -0.266 e. The van der Waals surface area contributed by atoms with Crippen LogP contribution in [0.4, 0.5) is 5.69 Å². The van der Waals surface area contributed by atoms with Crippen molar-refractivity contribution >= 4 is 27.4 Å². The topological polar surface area (TPSA) is 86.5 Å². The minimum atomic E-state index is -3.91. The van der Waals surface area contributed by atoms with Crippen molar-refractivity contribution in [3.8, 4) is 0 Å². The zero-order chi connectivity index (χ0) is 16.9. The van der Waals surface area contributed by atoms with Crippen LogP contribution in [0.15, 0.2) is 53.4 Å². The minimum absolute atomic E-state index is 0.0297. The van der Waals surface area contributed by atoms with Crippen molar-refractivity contribution in [2.75, 3.05) is 6.61 Å². The van der Waals surface area contributed by atoms with E-state index in [0.29, 0.717) is 17.9 Å². The van der Waals surface area contributed by atoms with Crippen molar-refractivity contribution in [2.24, 2.45) is 0 Å². The summed E-state index contributed by atoms with van der Waals surface area (Å²) < 4.78 is 28.9. The highest BCUT2D eigenvalue weighted by Crippen LogP contribution is 2.18. The molecule has 0 aliphatic rings. The lowest BCUT2D eigenvalue weighted by Crippen LogP contribution is -2.08. The standard InChI is InChI=1S/C15H14ClNO5S/c16-13-5-3-12(4-6-13)2-1-11-22-23(20,21)15-9-7-14(8-10-15)17(18)19/h3-10H,1-2,11H2. The van der Waals surface area contributed by atoms with Crippen LogP contribution in [-0.4, -0.2) is 19.9 Å². The van der Waals surface area contributed by atoms with E-state index in [1.165, 1.54) is 0 Å². The summed E-state index contributed by atoms with van der Waals surface area (Å²) in [5.74, 6) is 0. The first-order chi connectivity index (χ1) is 10.9. The molecule has 0 bridgehead atoms. The van der Waals surface area contributed by atoms with E-state index < -0.39 is 15.0 Å². The quantitative estimate of drug-likeness (QED) is 0.328. The molecule has 0 radical (unpaired) electrons. The fraction of sp³-hybridized carbons (Fsp3) is 0.200. The molecule has 0 saturated heterocycles. The number of rotatable bonds is 7. The number of aryl methyl sites for hydroxylation is 1. The lowest BCUT2D eigenvalue weighted by atomic mass is 10.1. The van der Waals surface area contributed by atoms with Crippen LogP contribution in [0.2, 0.25) is 5.02 Å². The Bertz CT molecular complexity index is 773. The first-order valence-electron chi connectivity index (χ1n) is 6.77. The molecule has 8 heteroatoms. The summed E-state index contributed by atoms with van der Waals surface area (Å²) in [7, 11) is -3.91. The van der Waals surface area contributed by atoms with Gasteiger partial charge in [-0.15, -0.1) is 0 Å². The summed E-state index contributed by atoms with van der Waals surface area (Å²) in [6, 6.07) is 11.9. The van der Waals surface area contributed by atoms with Crippen molar-refractivity contribution in [1.82, 2.24) is 0 Å². The maximum Gasteiger partial charge on any atom is 0.296 e. The number of hydrogen-bond acceptors (Lipinski definition) is 5. The molecule has 0 unspecified atom stereocenters. The second-order valence-corrected chi connectivity index (χ2v) is 6.81. The number of non-ortho nitro benzene ring substituents is 1. The van der Waals surface area contributed by atoms with E-state index in [1.54, 1.807) is 12.1 Å². The summed E-state index contributed by atoms with van der Waals surface area (Å²) in [5, 5.41) is 11.2. The van der Waals surface area contributed by atoms with Gasteiger partial charge in [-0.3, -0.25) is 14.3 Å². The first kappa shape index (κ1) is 17.4. The third kappa shape index (κ3) is 5.02. The fourth-order valence-electron chi connectivity index (χ4n) is 1.90. The highest BCUT2D eigenvalue weighted by molar-refractivity contribution is 7.86. The Labute approximate surface area is 138 Å². The van der Waals surface area contributed by atoms with Gasteiger partial charge >= 0.3 is 0 Å². The lowest BCUT2D eigenvalue weighted by Gasteiger charge is -2.06. The van der Waals surface area contributed by atoms with Crippen LogP contribution >= 0.6 is 11.6 Å². The van der Waals surface area contributed by atoms with Gasteiger partial charge in [0, 0.05) is 17.2 Å². The fourth-order valence-corrected chi connectivity index (χ4v) is 2.97. The van der Waals surface area contributed by atoms with Gasteiger partial charge in [-0.25, -0.2) is 0 Å². The van der Waals surface area contributed by atoms with Crippen molar-refractivity contribution in [2.45, 2.75) is 17.7 Å². The molecule has 2 rings (SSSR count). The number of halogens is 1. The van der Waals surface area contributed by atoms with E-state index in [0.717, 1.165) is 29.8 Å². The normalized spacial score (nSPS) is 11.3. The van der Waals surface area contributed by atoms with E-state index in [1.807, 2.05) is 12.1 Å². The maximum atomic E-state index is 12.0. The average Bonchev–Trinajstić information content (AvgIpc) is 2.53. The van der Waals surface area contributed by atoms with Crippen LogP contribution in [0.3, 0.4) is 0 Å². The van der Waals surface area contributed by atoms with E-state index in [9.17, 15) is 18.5 Å². The molecule has 0 N–H and O–H groups in total. The number of hydrogen-bond donors (Lipinski definition) is 0. The molecule has 0 aliphatic heterocycles. The molecule has 2 aromatic rings. The molecule has 0 aromatic heterocycles. The Morgan fingerprint density at radius 3 is 2.22 bits per heavy atom. The highest BCUT2D eigenvalue weighted by atomic mass is 35.5. The van der Waals surface area contributed by atoms with E-state index in [-0.39, 0.29) is 17.2 Å². The molecule has 122 valence electrons. The second kappa shape index (κ2) is 7.54. The van der Waals surface area contributed by atoms with Crippen LogP contribution in [0, 0.1) is 10.1 Å². The highest BCUT2D eigenvalue weighted by Gasteiger charge is 2.16. The number of benzene rings is 2. The van der Waals surface area contributed by atoms with Gasteiger partial charge in [-0.05, 0) is 42.7 Å². The molecule has 0 fully saturated rings. The molecule has 23 heavy (non-hydrogen) atoms. The zero-order valence-electron chi connectivity index (χ0n) is 12.0. The van der Waals surface area contributed by atoms with Crippen LogP contribution in [-0.2, 0) is 20.7 Å². The van der Waals surface area contributed by atoms with Gasteiger partial charge in [-0.2, -0.15) is 8.42 Å². The van der Waals surface area contributed by atoms with Crippen molar-refractivity contribution in [3.05, 3.63) is 69.2 Å². The largest absolute Gasteiger partial charge is 0.296 e. The van der Waals surface area contributed by atoms with Gasteiger partial charge in [0.15, 0.2) is 0 Å². The average molecular weight is 356 g/mol. The summed E-state index contributed by atoms with van der Waals surface area (Å²) in [6.45, 7) is 0.0297. The van der Waals surface area contributed by atoms with Gasteiger partial charge in [0.05, 0.1) is 16.4 Å². The van der Waals surface area contributed by atoms with E-state index >= 15 is 0 Å². The smallest absolute Gasteiger partial charge is 0.266 e. The Morgan fingerprint density at radius 1 is 1.04 bits per heavy atom. The molecule has 2 aromatic carbocycles. The zero-order valence-corrected chi connectivity index (χ0v) is 13.6. The second-order valence-electron chi connectivity index (χ2n) is 4.76. The molecule has 0 heterocycles. The molecule has 0 spiro atoms. The van der Waals surface area contributed by atoms with Gasteiger partial charge in [0.2, 0.25) is 0 Å². The Balaban J connectivity index is 1.88. The Hall–Kier alpha value is -1.96. The summed E-state index contributed by atoms with van der Waals surface area (Å²) >= 11 is 5.79. The predicted octanol–water partition coefficient (Wildman–Crippen LogP) is 3.59. The molecular weight excluding hydrogens is 342 g/mol. The third-order valence-electron chi connectivity index (χ3n) is 3.10. The number of nitrogens with zero attached hydrogens (tertiary/aromatic N) is 1. The molecule has 0 aliphatic carbocycles. The predicted molar refractivity (Wildman–Crippen MR) is 86.0 cm³/mol. The first-order valence-corrected chi connectivity index (χ1v) is 8.55. The van der Waals surface area contributed by atoms with E-state index in [4.69, 9.17) is 15.8 Å². The molecule has 6 nitrogen and oxygen atoms in total. The van der Waals surface area contributed by atoms with Crippen LogP contribution in [0.25, 0.3) is 0 Å². The number of nitro groups is 1.